The molecule has 1 saturated heterocycles. The standard InChI is InChI=1S/C16H19FN4O.2ClH/c1-9-8-21(5-4-18-9)16(22)13-6-12(17)7-14-15(13)20-11(3)10(2)19-14;;/h6-7,9,18H,4-5,8H2,1-3H3;2*1H. The number of carbonyl (C=O) groups is 1. The number of aromatic nitrogens is 2. The molecule has 1 aliphatic heterocycles. The van der Waals surface area contributed by atoms with Gasteiger partial charge in [0, 0.05) is 31.7 Å². The number of hydrogen-bond donors (Lipinski definition) is 1. The first-order chi connectivity index (χ1) is 10.5. The number of benzene rings is 1. The molecule has 0 bridgehead atoms. The van der Waals surface area contributed by atoms with Gasteiger partial charge in [-0.05, 0) is 26.8 Å². The van der Waals surface area contributed by atoms with Gasteiger partial charge in [0.05, 0.1) is 22.5 Å². The van der Waals surface area contributed by atoms with Crippen molar-refractivity contribution >= 4 is 41.8 Å². The predicted octanol–water partition coefficient (Wildman–Crippen LogP) is 2.66. The van der Waals surface area contributed by atoms with Gasteiger partial charge in [-0.1, -0.05) is 0 Å². The van der Waals surface area contributed by atoms with Crippen LogP contribution in [0.1, 0.15) is 28.7 Å². The molecule has 8 heteroatoms. The number of rotatable bonds is 1. The quantitative estimate of drug-likeness (QED) is 0.833. The molecule has 3 rings (SSSR count). The first kappa shape index (κ1) is 20.5. The zero-order valence-corrected chi connectivity index (χ0v) is 15.4. The van der Waals surface area contributed by atoms with Gasteiger partial charge in [-0.3, -0.25) is 4.79 Å². The number of carbonyl (C=O) groups excluding carboxylic acids is 1. The molecule has 0 saturated carbocycles. The fraction of sp³-hybridized carbons (Fsp3) is 0.438. The maximum atomic E-state index is 13.9. The highest BCUT2D eigenvalue weighted by molar-refractivity contribution is 6.04. The van der Waals surface area contributed by atoms with E-state index >= 15 is 0 Å². The largest absolute Gasteiger partial charge is 0.336 e. The van der Waals surface area contributed by atoms with Gasteiger partial charge in [0.15, 0.2) is 0 Å². The second-order valence-corrected chi connectivity index (χ2v) is 5.82. The molecule has 132 valence electrons. The molecular formula is C16H21Cl2FN4O. The van der Waals surface area contributed by atoms with E-state index in [0.29, 0.717) is 29.7 Å². The van der Waals surface area contributed by atoms with Crippen LogP contribution >= 0.6 is 24.8 Å². The Morgan fingerprint density at radius 3 is 2.58 bits per heavy atom. The van der Waals surface area contributed by atoms with Gasteiger partial charge in [-0.2, -0.15) is 0 Å². The Labute approximate surface area is 152 Å². The average molecular weight is 375 g/mol. The molecule has 0 aliphatic carbocycles. The van der Waals surface area contributed by atoms with E-state index in [2.05, 4.69) is 15.3 Å². The highest BCUT2D eigenvalue weighted by Crippen LogP contribution is 2.21. The summed E-state index contributed by atoms with van der Waals surface area (Å²) in [5.41, 5.74) is 2.68. The molecule has 1 unspecified atom stereocenters. The van der Waals surface area contributed by atoms with Crippen LogP contribution in [0.4, 0.5) is 4.39 Å². The lowest BCUT2D eigenvalue weighted by Gasteiger charge is -2.32. The molecule has 1 fully saturated rings. The van der Waals surface area contributed by atoms with Crippen molar-refractivity contribution in [2.24, 2.45) is 0 Å². The number of piperazine rings is 1. The summed E-state index contributed by atoms with van der Waals surface area (Å²) < 4.78 is 13.9. The second-order valence-electron chi connectivity index (χ2n) is 5.82. The number of nitrogens with zero attached hydrogens (tertiary/aromatic N) is 3. The maximum absolute atomic E-state index is 13.9. The molecule has 2 heterocycles. The molecule has 24 heavy (non-hydrogen) atoms. The SMILES string of the molecule is Cc1nc2cc(F)cc(C(=O)N3CCNC(C)C3)c2nc1C.Cl.Cl. The summed E-state index contributed by atoms with van der Waals surface area (Å²) in [6.07, 6.45) is 0. The zero-order valence-electron chi connectivity index (χ0n) is 13.8. The lowest BCUT2D eigenvalue weighted by molar-refractivity contribution is 0.0710. The molecular weight excluding hydrogens is 354 g/mol. The van der Waals surface area contributed by atoms with Crippen LogP contribution < -0.4 is 5.32 Å². The van der Waals surface area contributed by atoms with Gasteiger partial charge in [-0.15, -0.1) is 24.8 Å². The van der Waals surface area contributed by atoms with Crippen molar-refractivity contribution in [3.63, 3.8) is 0 Å². The molecule has 1 aliphatic rings. The predicted molar refractivity (Wildman–Crippen MR) is 96.8 cm³/mol. The first-order valence-corrected chi connectivity index (χ1v) is 7.43. The fourth-order valence-corrected chi connectivity index (χ4v) is 2.75. The number of hydrogen-bond acceptors (Lipinski definition) is 4. The summed E-state index contributed by atoms with van der Waals surface area (Å²) in [6, 6.07) is 2.82. The Kier molecular flexibility index (Phi) is 6.89. The Bertz CT molecular complexity index is 756. The highest BCUT2D eigenvalue weighted by Gasteiger charge is 2.24. The molecule has 5 nitrogen and oxygen atoms in total. The third-order valence-corrected chi connectivity index (χ3v) is 4.03. The third-order valence-electron chi connectivity index (χ3n) is 4.03. The van der Waals surface area contributed by atoms with Crippen molar-refractivity contribution in [3.05, 3.63) is 34.9 Å². The van der Waals surface area contributed by atoms with E-state index in [1.807, 2.05) is 20.8 Å². The van der Waals surface area contributed by atoms with Crippen LogP contribution in [0.25, 0.3) is 11.0 Å². The molecule has 1 atom stereocenters. The van der Waals surface area contributed by atoms with Crippen molar-refractivity contribution in [1.29, 1.82) is 0 Å². The van der Waals surface area contributed by atoms with Crippen LogP contribution in [-0.2, 0) is 0 Å². The lowest BCUT2D eigenvalue weighted by atomic mass is 10.1. The van der Waals surface area contributed by atoms with Gasteiger partial charge >= 0.3 is 0 Å². The van der Waals surface area contributed by atoms with Crippen LogP contribution in [0.15, 0.2) is 12.1 Å². The van der Waals surface area contributed by atoms with Crippen LogP contribution in [0.2, 0.25) is 0 Å². The number of aryl methyl sites for hydroxylation is 2. The Hall–Kier alpha value is -1.50. The minimum absolute atomic E-state index is 0. The average Bonchev–Trinajstić information content (AvgIpc) is 2.47. The van der Waals surface area contributed by atoms with E-state index in [9.17, 15) is 9.18 Å². The molecule has 0 spiro atoms. The number of fused-ring (bicyclic) bond motifs is 1. The Morgan fingerprint density at radius 2 is 1.92 bits per heavy atom. The number of amides is 1. The van der Waals surface area contributed by atoms with Crippen LogP contribution in [0.3, 0.4) is 0 Å². The third kappa shape index (κ3) is 3.94. The van der Waals surface area contributed by atoms with Crippen molar-refractivity contribution in [2.75, 3.05) is 19.6 Å². The monoisotopic (exact) mass is 374 g/mol. The van der Waals surface area contributed by atoms with E-state index < -0.39 is 5.82 Å². The minimum Gasteiger partial charge on any atom is -0.336 e. The zero-order chi connectivity index (χ0) is 15.9. The van der Waals surface area contributed by atoms with E-state index in [4.69, 9.17) is 0 Å². The molecule has 1 amide bonds. The molecule has 1 N–H and O–H groups in total. The second kappa shape index (κ2) is 8.05. The van der Waals surface area contributed by atoms with Gasteiger partial charge in [0.1, 0.15) is 11.3 Å². The number of nitrogens with one attached hydrogen (secondary N) is 1. The van der Waals surface area contributed by atoms with Crippen molar-refractivity contribution in [1.82, 2.24) is 20.2 Å². The Morgan fingerprint density at radius 1 is 1.25 bits per heavy atom. The van der Waals surface area contributed by atoms with E-state index in [0.717, 1.165) is 17.9 Å². The van der Waals surface area contributed by atoms with Gasteiger partial charge in [0.25, 0.3) is 5.91 Å². The summed E-state index contributed by atoms with van der Waals surface area (Å²) in [6.45, 7) is 7.65. The molecule has 1 aromatic carbocycles. The summed E-state index contributed by atoms with van der Waals surface area (Å²) in [5, 5.41) is 3.29. The van der Waals surface area contributed by atoms with Crippen LogP contribution in [0, 0.1) is 19.7 Å². The summed E-state index contributed by atoms with van der Waals surface area (Å²) in [7, 11) is 0. The van der Waals surface area contributed by atoms with Gasteiger partial charge < -0.3 is 10.2 Å². The molecule has 0 radical (unpaired) electrons. The lowest BCUT2D eigenvalue weighted by Crippen LogP contribution is -2.51. The van der Waals surface area contributed by atoms with Crippen molar-refractivity contribution < 1.29 is 9.18 Å². The van der Waals surface area contributed by atoms with Gasteiger partial charge in [-0.25, -0.2) is 14.4 Å². The normalized spacial score (nSPS) is 17.2. The summed E-state index contributed by atoms with van der Waals surface area (Å²) in [4.78, 5) is 23.3. The van der Waals surface area contributed by atoms with Crippen molar-refractivity contribution in [2.45, 2.75) is 26.8 Å². The maximum Gasteiger partial charge on any atom is 0.256 e. The minimum atomic E-state index is -0.461. The van der Waals surface area contributed by atoms with E-state index in [1.165, 1.54) is 12.1 Å². The fourth-order valence-electron chi connectivity index (χ4n) is 2.75. The van der Waals surface area contributed by atoms with Crippen molar-refractivity contribution in [3.8, 4) is 0 Å². The van der Waals surface area contributed by atoms with Crippen LogP contribution in [0.5, 0.6) is 0 Å². The smallest absolute Gasteiger partial charge is 0.256 e. The molecule has 2 aromatic rings. The summed E-state index contributed by atoms with van der Waals surface area (Å²) in [5.74, 6) is -0.646. The molecule has 1 aromatic heterocycles. The van der Waals surface area contributed by atoms with E-state index in [1.54, 1.807) is 4.90 Å². The van der Waals surface area contributed by atoms with E-state index in [-0.39, 0.29) is 36.8 Å². The number of halogens is 3. The highest BCUT2D eigenvalue weighted by atomic mass is 35.5. The Balaban J connectivity index is 0.00000144. The first-order valence-electron chi connectivity index (χ1n) is 7.43. The topological polar surface area (TPSA) is 58.1 Å². The van der Waals surface area contributed by atoms with Gasteiger partial charge in [0.2, 0.25) is 0 Å². The van der Waals surface area contributed by atoms with Crippen LogP contribution in [-0.4, -0.2) is 46.5 Å². The summed E-state index contributed by atoms with van der Waals surface area (Å²) >= 11 is 0.